The summed E-state index contributed by atoms with van der Waals surface area (Å²) in [5.74, 6) is 0.335. The summed E-state index contributed by atoms with van der Waals surface area (Å²) in [4.78, 5) is 28.4. The van der Waals surface area contributed by atoms with Crippen LogP contribution >= 0.6 is 0 Å². The van der Waals surface area contributed by atoms with Crippen LogP contribution in [0.3, 0.4) is 0 Å². The maximum Gasteiger partial charge on any atom is 0.406 e. The first-order valence-electron chi connectivity index (χ1n) is 7.96. The molecule has 3 rings (SSSR count). The van der Waals surface area contributed by atoms with Crippen LogP contribution in [0.4, 0.5) is 17.3 Å². The van der Waals surface area contributed by atoms with E-state index in [0.717, 1.165) is 18.7 Å². The number of imidazole rings is 1. The van der Waals surface area contributed by atoms with Crippen molar-refractivity contribution in [1.82, 2.24) is 9.55 Å². The van der Waals surface area contributed by atoms with Crippen molar-refractivity contribution in [2.75, 3.05) is 23.3 Å². The minimum atomic E-state index is -0.482. The third-order valence-corrected chi connectivity index (χ3v) is 4.51. The summed E-state index contributed by atoms with van der Waals surface area (Å²) in [5, 5.41) is 14.4. The molecule has 25 heavy (non-hydrogen) atoms. The lowest BCUT2D eigenvalue weighted by molar-refractivity contribution is -0.388. The van der Waals surface area contributed by atoms with Gasteiger partial charge in [-0.15, -0.1) is 0 Å². The molecular weight excluding hydrogens is 324 g/mol. The van der Waals surface area contributed by atoms with Gasteiger partial charge in [0.15, 0.2) is 0 Å². The number of aromatic nitrogens is 2. The number of anilines is 2. The Hall–Kier alpha value is -3.10. The second-order valence-electron chi connectivity index (χ2n) is 6.10. The fourth-order valence-corrected chi connectivity index (χ4v) is 3.13. The minimum Gasteiger partial charge on any atom is -0.369 e. The number of carbonyl (C=O) groups is 1. The lowest BCUT2D eigenvalue weighted by Gasteiger charge is -2.21. The number of rotatable bonds is 5. The number of amides is 1. The van der Waals surface area contributed by atoms with E-state index in [-0.39, 0.29) is 11.9 Å². The molecule has 3 N–H and O–H groups in total. The number of hydrogen-bond donors (Lipinski definition) is 2. The van der Waals surface area contributed by atoms with E-state index in [0.29, 0.717) is 23.8 Å². The molecule has 9 nitrogen and oxygen atoms in total. The molecule has 132 valence electrons. The average molecular weight is 344 g/mol. The molecule has 0 aliphatic carbocycles. The second-order valence-corrected chi connectivity index (χ2v) is 6.10. The minimum absolute atomic E-state index is 0.00873. The summed E-state index contributed by atoms with van der Waals surface area (Å²) < 4.78 is 1.68. The summed E-state index contributed by atoms with van der Waals surface area (Å²) >= 11 is 0. The van der Waals surface area contributed by atoms with Crippen molar-refractivity contribution in [2.24, 2.45) is 12.8 Å². The average Bonchev–Trinajstić information content (AvgIpc) is 3.15. The van der Waals surface area contributed by atoms with Crippen molar-refractivity contribution < 1.29 is 9.72 Å². The van der Waals surface area contributed by atoms with Gasteiger partial charge >= 0.3 is 5.82 Å². The number of hydrogen-bond acceptors (Lipinski definition) is 6. The van der Waals surface area contributed by atoms with Gasteiger partial charge < -0.3 is 26.1 Å². The maximum atomic E-state index is 11.6. The Kier molecular flexibility index (Phi) is 4.30. The van der Waals surface area contributed by atoms with Crippen LogP contribution in [0, 0.1) is 17.0 Å². The molecule has 0 bridgehead atoms. The number of nitrogens with zero attached hydrogens (tertiary/aromatic N) is 4. The number of benzene rings is 1. The van der Waals surface area contributed by atoms with Crippen molar-refractivity contribution in [1.29, 1.82) is 0 Å². The molecule has 1 amide bonds. The second kappa shape index (κ2) is 6.42. The number of nitrogens with one attached hydrogen (secondary N) is 1. The van der Waals surface area contributed by atoms with Gasteiger partial charge in [-0.05, 0) is 28.5 Å². The first-order chi connectivity index (χ1) is 11.9. The van der Waals surface area contributed by atoms with Gasteiger partial charge in [-0.3, -0.25) is 9.36 Å². The highest BCUT2D eigenvalue weighted by atomic mass is 16.6. The first kappa shape index (κ1) is 16.7. The van der Waals surface area contributed by atoms with E-state index in [9.17, 15) is 14.9 Å². The molecule has 1 aliphatic heterocycles. The molecule has 1 unspecified atom stereocenters. The Morgan fingerprint density at radius 1 is 1.44 bits per heavy atom. The quantitative estimate of drug-likeness (QED) is 0.625. The van der Waals surface area contributed by atoms with E-state index in [4.69, 9.17) is 5.73 Å². The maximum absolute atomic E-state index is 11.6. The van der Waals surface area contributed by atoms with Gasteiger partial charge in [0, 0.05) is 38.8 Å². The highest BCUT2D eigenvalue weighted by Gasteiger charge is 2.30. The van der Waals surface area contributed by atoms with Crippen LogP contribution < -0.4 is 16.0 Å². The largest absolute Gasteiger partial charge is 0.406 e. The number of aryl methyl sites for hydroxylation is 1. The van der Waals surface area contributed by atoms with Crippen molar-refractivity contribution in [2.45, 2.75) is 19.4 Å². The lowest BCUT2D eigenvalue weighted by Crippen LogP contribution is -2.28. The summed E-state index contributed by atoms with van der Waals surface area (Å²) in [7, 11) is 1.74. The molecule has 1 saturated heterocycles. The van der Waals surface area contributed by atoms with Crippen molar-refractivity contribution in [3.8, 4) is 0 Å². The highest BCUT2D eigenvalue weighted by Crippen LogP contribution is 2.29. The Morgan fingerprint density at radius 3 is 2.84 bits per heavy atom. The van der Waals surface area contributed by atoms with E-state index < -0.39 is 10.8 Å². The molecular formula is C16H20N6O3. The van der Waals surface area contributed by atoms with E-state index in [1.54, 1.807) is 30.7 Å². The van der Waals surface area contributed by atoms with E-state index in [2.05, 4.69) is 15.2 Å². The molecule has 1 aromatic heterocycles. The van der Waals surface area contributed by atoms with Crippen LogP contribution in [0.2, 0.25) is 0 Å². The molecule has 0 spiro atoms. The monoisotopic (exact) mass is 344 g/mol. The Labute approximate surface area is 144 Å². The van der Waals surface area contributed by atoms with Crippen LogP contribution in [0.1, 0.15) is 22.6 Å². The van der Waals surface area contributed by atoms with Crippen LogP contribution in [-0.2, 0) is 7.05 Å². The summed E-state index contributed by atoms with van der Waals surface area (Å²) in [6.45, 7) is 3.07. The van der Waals surface area contributed by atoms with Gasteiger partial charge in [0.2, 0.25) is 11.6 Å². The topological polar surface area (TPSA) is 119 Å². The van der Waals surface area contributed by atoms with E-state index >= 15 is 0 Å². The predicted octanol–water partition coefficient (Wildman–Crippen LogP) is 1.43. The summed E-state index contributed by atoms with van der Waals surface area (Å²) in [6.07, 6.45) is 0.786. The van der Waals surface area contributed by atoms with E-state index in [1.807, 2.05) is 12.1 Å². The molecule has 2 heterocycles. The number of primary amides is 1. The number of nitro groups is 1. The zero-order chi connectivity index (χ0) is 18.1. The van der Waals surface area contributed by atoms with Gasteiger partial charge in [0.05, 0.1) is 5.56 Å². The van der Waals surface area contributed by atoms with Crippen LogP contribution in [-0.4, -0.2) is 39.5 Å². The van der Waals surface area contributed by atoms with Gasteiger partial charge in [0.25, 0.3) is 5.91 Å². The number of para-hydroxylation sites is 1. The zero-order valence-corrected chi connectivity index (χ0v) is 14.1. The van der Waals surface area contributed by atoms with Gasteiger partial charge in [-0.1, -0.05) is 12.1 Å². The molecule has 1 atom stereocenters. The predicted molar refractivity (Wildman–Crippen MR) is 93.8 cm³/mol. The Morgan fingerprint density at radius 2 is 2.16 bits per heavy atom. The highest BCUT2D eigenvalue weighted by molar-refractivity contribution is 5.98. The standard InChI is InChI=1S/C16H20N6O3/c1-10-18-16(22(24)25)15(20(10)2)19-11-7-8-21(9-11)13-6-4-3-5-12(13)14(17)23/h3-6,11,19H,7-9H2,1-2H3,(H2,17,23). The Bertz CT molecular complexity index is 831. The number of nitrogens with two attached hydrogens (primary N) is 1. The SMILES string of the molecule is Cc1nc([N+](=O)[O-])c(NC2CCN(c3ccccc3C(N)=O)C2)n1C. The number of carbonyl (C=O) groups excluding carboxylic acids is 1. The van der Waals surface area contributed by atoms with Crippen molar-refractivity contribution in [3.63, 3.8) is 0 Å². The van der Waals surface area contributed by atoms with Gasteiger partial charge in [-0.25, -0.2) is 0 Å². The smallest absolute Gasteiger partial charge is 0.369 e. The fraction of sp³-hybridized carbons (Fsp3) is 0.375. The summed E-state index contributed by atoms with van der Waals surface area (Å²) in [6, 6.07) is 7.21. The molecule has 0 saturated carbocycles. The third kappa shape index (κ3) is 3.12. The van der Waals surface area contributed by atoms with Crippen LogP contribution in [0.5, 0.6) is 0 Å². The summed E-state index contributed by atoms with van der Waals surface area (Å²) in [5.41, 5.74) is 6.71. The zero-order valence-electron chi connectivity index (χ0n) is 14.1. The molecule has 1 aliphatic rings. The molecule has 1 aromatic carbocycles. The normalized spacial score (nSPS) is 16.9. The van der Waals surface area contributed by atoms with Crippen molar-refractivity contribution in [3.05, 3.63) is 45.8 Å². The van der Waals surface area contributed by atoms with Gasteiger partial charge in [0.1, 0.15) is 0 Å². The molecule has 2 aromatic rings. The molecule has 0 radical (unpaired) electrons. The van der Waals surface area contributed by atoms with E-state index in [1.165, 1.54) is 0 Å². The van der Waals surface area contributed by atoms with Crippen LogP contribution in [0.25, 0.3) is 0 Å². The third-order valence-electron chi connectivity index (χ3n) is 4.51. The molecule has 9 heteroatoms. The molecule has 1 fully saturated rings. The van der Waals surface area contributed by atoms with Gasteiger partial charge in [-0.2, -0.15) is 0 Å². The van der Waals surface area contributed by atoms with Crippen LogP contribution in [0.15, 0.2) is 24.3 Å². The fourth-order valence-electron chi connectivity index (χ4n) is 3.13. The van der Waals surface area contributed by atoms with Crippen molar-refractivity contribution >= 4 is 23.2 Å². The first-order valence-corrected chi connectivity index (χ1v) is 7.96. The Balaban J connectivity index is 1.79. The lowest BCUT2D eigenvalue weighted by atomic mass is 10.1.